The standard InChI is InChI=1S/C15H24O3/c1-10(2)8-17-13-6-12(5)7-14(15(13)16)18-9-11(3)4/h6-7,10-11,16H,8-9H2,1-5H3. The summed E-state index contributed by atoms with van der Waals surface area (Å²) in [7, 11) is 0. The third-order valence-corrected chi connectivity index (χ3v) is 2.33. The monoisotopic (exact) mass is 252 g/mol. The van der Waals surface area contributed by atoms with Crippen molar-refractivity contribution in [1.82, 2.24) is 0 Å². The van der Waals surface area contributed by atoms with E-state index in [1.165, 1.54) is 0 Å². The lowest BCUT2D eigenvalue weighted by atomic mass is 10.2. The van der Waals surface area contributed by atoms with Crippen molar-refractivity contribution in [2.24, 2.45) is 11.8 Å². The average molecular weight is 252 g/mol. The first-order valence-corrected chi connectivity index (χ1v) is 6.49. The molecule has 1 aromatic carbocycles. The van der Waals surface area contributed by atoms with Crippen molar-refractivity contribution in [3.8, 4) is 17.2 Å². The fraction of sp³-hybridized carbons (Fsp3) is 0.600. The first kappa shape index (κ1) is 14.7. The van der Waals surface area contributed by atoms with Crippen LogP contribution < -0.4 is 9.47 Å². The summed E-state index contributed by atoms with van der Waals surface area (Å²) in [6.45, 7) is 11.4. The van der Waals surface area contributed by atoms with Crippen LogP contribution in [0, 0.1) is 18.8 Å². The zero-order chi connectivity index (χ0) is 13.7. The van der Waals surface area contributed by atoms with Gasteiger partial charge in [0.25, 0.3) is 0 Å². The van der Waals surface area contributed by atoms with Crippen LogP contribution in [0.5, 0.6) is 17.2 Å². The molecule has 0 unspecified atom stereocenters. The van der Waals surface area contributed by atoms with E-state index in [-0.39, 0.29) is 5.75 Å². The van der Waals surface area contributed by atoms with Crippen molar-refractivity contribution >= 4 is 0 Å². The molecule has 0 aliphatic carbocycles. The Balaban J connectivity index is 2.84. The Morgan fingerprint density at radius 3 is 1.67 bits per heavy atom. The Bertz CT molecular complexity index is 350. The quantitative estimate of drug-likeness (QED) is 0.837. The largest absolute Gasteiger partial charge is 0.502 e. The molecule has 0 saturated carbocycles. The highest BCUT2D eigenvalue weighted by molar-refractivity contribution is 5.52. The summed E-state index contributed by atoms with van der Waals surface area (Å²) >= 11 is 0. The van der Waals surface area contributed by atoms with Crippen LogP contribution in [0.2, 0.25) is 0 Å². The van der Waals surface area contributed by atoms with E-state index in [2.05, 4.69) is 27.7 Å². The Kier molecular flexibility index (Phi) is 5.32. The van der Waals surface area contributed by atoms with Gasteiger partial charge in [-0.25, -0.2) is 0 Å². The van der Waals surface area contributed by atoms with Crippen LogP contribution >= 0.6 is 0 Å². The maximum Gasteiger partial charge on any atom is 0.200 e. The molecule has 0 aliphatic rings. The molecule has 0 radical (unpaired) electrons. The molecular formula is C15H24O3. The van der Waals surface area contributed by atoms with Crippen LogP contribution in [0.3, 0.4) is 0 Å². The molecule has 0 aliphatic heterocycles. The van der Waals surface area contributed by atoms with Crippen LogP contribution in [-0.4, -0.2) is 18.3 Å². The fourth-order valence-electron chi connectivity index (χ4n) is 1.45. The molecule has 1 aromatic rings. The number of phenolic OH excluding ortho intramolecular Hbond substituents is 1. The fourth-order valence-corrected chi connectivity index (χ4v) is 1.45. The van der Waals surface area contributed by atoms with Gasteiger partial charge < -0.3 is 14.6 Å². The van der Waals surface area contributed by atoms with Gasteiger partial charge in [0.2, 0.25) is 5.75 Å². The highest BCUT2D eigenvalue weighted by Crippen LogP contribution is 2.37. The van der Waals surface area contributed by atoms with Crippen molar-refractivity contribution in [2.45, 2.75) is 34.6 Å². The summed E-state index contributed by atoms with van der Waals surface area (Å²) in [5.41, 5.74) is 1.02. The second-order valence-electron chi connectivity index (χ2n) is 5.52. The van der Waals surface area contributed by atoms with E-state index in [1.54, 1.807) is 0 Å². The number of rotatable bonds is 6. The number of aromatic hydroxyl groups is 1. The van der Waals surface area contributed by atoms with Crippen molar-refractivity contribution in [2.75, 3.05) is 13.2 Å². The predicted molar refractivity (Wildman–Crippen MR) is 73.5 cm³/mol. The lowest BCUT2D eigenvalue weighted by Crippen LogP contribution is -2.07. The van der Waals surface area contributed by atoms with Crippen LogP contribution in [0.15, 0.2) is 12.1 Å². The Morgan fingerprint density at radius 2 is 1.33 bits per heavy atom. The molecule has 0 spiro atoms. The maximum absolute atomic E-state index is 10.1. The number of phenols is 1. The highest BCUT2D eigenvalue weighted by atomic mass is 16.5. The Labute approximate surface area is 110 Å². The third kappa shape index (κ3) is 4.47. The molecule has 3 heteroatoms. The minimum atomic E-state index is 0.0990. The molecule has 0 fully saturated rings. The number of benzene rings is 1. The van der Waals surface area contributed by atoms with Gasteiger partial charge >= 0.3 is 0 Å². The molecule has 1 rings (SSSR count). The van der Waals surface area contributed by atoms with Crippen molar-refractivity contribution in [3.05, 3.63) is 17.7 Å². The van der Waals surface area contributed by atoms with Crippen molar-refractivity contribution < 1.29 is 14.6 Å². The topological polar surface area (TPSA) is 38.7 Å². The molecule has 102 valence electrons. The van der Waals surface area contributed by atoms with E-state index in [1.807, 2.05) is 19.1 Å². The number of ether oxygens (including phenoxy) is 2. The SMILES string of the molecule is Cc1cc(OCC(C)C)c(O)c(OCC(C)C)c1. The summed E-state index contributed by atoms with van der Waals surface area (Å²) in [6.07, 6.45) is 0. The summed E-state index contributed by atoms with van der Waals surface area (Å²) in [5.74, 6) is 1.95. The van der Waals surface area contributed by atoms with Gasteiger partial charge in [-0.1, -0.05) is 27.7 Å². The maximum atomic E-state index is 10.1. The zero-order valence-corrected chi connectivity index (χ0v) is 12.0. The predicted octanol–water partition coefficient (Wildman–Crippen LogP) is 3.77. The van der Waals surface area contributed by atoms with Crippen LogP contribution in [0.4, 0.5) is 0 Å². The van der Waals surface area contributed by atoms with Gasteiger partial charge in [-0.3, -0.25) is 0 Å². The van der Waals surface area contributed by atoms with Gasteiger partial charge in [-0.15, -0.1) is 0 Å². The van der Waals surface area contributed by atoms with E-state index in [0.29, 0.717) is 36.5 Å². The molecule has 1 N–H and O–H groups in total. The molecule has 0 atom stereocenters. The first-order valence-electron chi connectivity index (χ1n) is 6.49. The van der Waals surface area contributed by atoms with E-state index in [0.717, 1.165) is 5.56 Å². The third-order valence-electron chi connectivity index (χ3n) is 2.33. The molecule has 18 heavy (non-hydrogen) atoms. The lowest BCUT2D eigenvalue weighted by molar-refractivity contribution is 0.238. The average Bonchev–Trinajstić information content (AvgIpc) is 2.27. The number of hydrogen-bond donors (Lipinski definition) is 1. The van der Waals surface area contributed by atoms with Crippen LogP contribution in [-0.2, 0) is 0 Å². The molecule has 0 saturated heterocycles. The van der Waals surface area contributed by atoms with E-state index in [4.69, 9.17) is 9.47 Å². The van der Waals surface area contributed by atoms with Gasteiger partial charge in [0.15, 0.2) is 11.5 Å². The summed E-state index contributed by atoms with van der Waals surface area (Å²) < 4.78 is 11.2. The molecule has 0 bridgehead atoms. The van der Waals surface area contributed by atoms with Gasteiger partial charge in [-0.2, -0.15) is 0 Å². The smallest absolute Gasteiger partial charge is 0.200 e. The van der Waals surface area contributed by atoms with Gasteiger partial charge in [0.1, 0.15) is 0 Å². The summed E-state index contributed by atoms with van der Waals surface area (Å²) in [5, 5.41) is 10.1. The Hall–Kier alpha value is -1.38. The first-order chi connectivity index (χ1) is 8.40. The lowest BCUT2D eigenvalue weighted by Gasteiger charge is -2.15. The van der Waals surface area contributed by atoms with E-state index in [9.17, 15) is 5.11 Å². The minimum absolute atomic E-state index is 0.0990. The molecule has 0 aromatic heterocycles. The van der Waals surface area contributed by atoms with Crippen molar-refractivity contribution in [1.29, 1.82) is 0 Å². The molecule has 3 nitrogen and oxygen atoms in total. The van der Waals surface area contributed by atoms with Crippen LogP contribution in [0.1, 0.15) is 33.3 Å². The normalized spacial score (nSPS) is 11.1. The second kappa shape index (κ2) is 6.53. The van der Waals surface area contributed by atoms with Crippen LogP contribution in [0.25, 0.3) is 0 Å². The second-order valence-corrected chi connectivity index (χ2v) is 5.52. The van der Waals surface area contributed by atoms with Gasteiger partial charge in [0.05, 0.1) is 13.2 Å². The molecular weight excluding hydrogens is 228 g/mol. The van der Waals surface area contributed by atoms with E-state index >= 15 is 0 Å². The Morgan fingerprint density at radius 1 is 0.944 bits per heavy atom. The number of hydrogen-bond acceptors (Lipinski definition) is 3. The summed E-state index contributed by atoms with van der Waals surface area (Å²) in [4.78, 5) is 0. The highest BCUT2D eigenvalue weighted by Gasteiger charge is 2.12. The summed E-state index contributed by atoms with van der Waals surface area (Å²) in [6, 6.07) is 3.67. The zero-order valence-electron chi connectivity index (χ0n) is 12.0. The molecule has 0 amide bonds. The van der Waals surface area contributed by atoms with Gasteiger partial charge in [-0.05, 0) is 36.5 Å². The minimum Gasteiger partial charge on any atom is -0.502 e. The molecule has 0 heterocycles. The number of aryl methyl sites for hydroxylation is 1. The van der Waals surface area contributed by atoms with Crippen molar-refractivity contribution in [3.63, 3.8) is 0 Å². The van der Waals surface area contributed by atoms with E-state index < -0.39 is 0 Å². The van der Waals surface area contributed by atoms with Gasteiger partial charge in [0, 0.05) is 0 Å².